The normalized spacial score (nSPS) is 12.1. The van der Waals surface area contributed by atoms with E-state index in [4.69, 9.17) is 0 Å². The Morgan fingerprint density at radius 1 is 1.03 bits per heavy atom. The monoisotopic (exact) mass is 490 g/mol. The SMILES string of the molecule is C=C(/C=C(\C)S(=O)(=O)Nc1cc(Sc2cccc3cccnc23)c(O)c2ccccc12)C(C)=O. The number of allylic oxidation sites excluding steroid dienone is 3. The van der Waals surface area contributed by atoms with Crippen molar-refractivity contribution in [2.45, 2.75) is 23.6 Å². The Hall–Kier alpha value is -3.62. The summed E-state index contributed by atoms with van der Waals surface area (Å²) in [6.45, 7) is 6.33. The number of pyridine rings is 1. The van der Waals surface area contributed by atoms with Gasteiger partial charge < -0.3 is 5.11 Å². The summed E-state index contributed by atoms with van der Waals surface area (Å²) in [7, 11) is -3.98. The number of phenolic OH excluding ortho intramolecular Hbond substituents is 1. The van der Waals surface area contributed by atoms with E-state index in [1.54, 1.807) is 36.5 Å². The van der Waals surface area contributed by atoms with Crippen LogP contribution in [0.5, 0.6) is 5.75 Å². The van der Waals surface area contributed by atoms with Gasteiger partial charge in [-0.25, -0.2) is 8.42 Å². The van der Waals surface area contributed by atoms with Crippen LogP contribution in [0.2, 0.25) is 0 Å². The first-order valence-corrected chi connectivity index (χ1v) is 12.6. The number of phenols is 1. The molecule has 0 atom stereocenters. The van der Waals surface area contributed by atoms with Crippen LogP contribution in [0.25, 0.3) is 21.7 Å². The van der Waals surface area contributed by atoms with Crippen molar-refractivity contribution in [1.29, 1.82) is 0 Å². The van der Waals surface area contributed by atoms with Crippen molar-refractivity contribution in [2.24, 2.45) is 0 Å². The number of hydrogen-bond acceptors (Lipinski definition) is 6. The first kappa shape index (κ1) is 23.5. The molecule has 0 unspecified atom stereocenters. The molecule has 8 heteroatoms. The molecule has 0 amide bonds. The number of ketones is 1. The highest BCUT2D eigenvalue weighted by Gasteiger charge is 2.19. The lowest BCUT2D eigenvalue weighted by atomic mass is 10.1. The molecule has 3 aromatic carbocycles. The summed E-state index contributed by atoms with van der Waals surface area (Å²) in [4.78, 5) is 17.2. The zero-order valence-electron chi connectivity index (χ0n) is 18.6. The van der Waals surface area contributed by atoms with Crippen molar-refractivity contribution >= 4 is 54.9 Å². The number of benzene rings is 3. The van der Waals surface area contributed by atoms with E-state index in [1.165, 1.54) is 31.7 Å². The lowest BCUT2D eigenvalue weighted by Crippen LogP contribution is -2.14. The summed E-state index contributed by atoms with van der Waals surface area (Å²) < 4.78 is 28.6. The summed E-state index contributed by atoms with van der Waals surface area (Å²) in [5.41, 5.74) is 1.19. The van der Waals surface area contributed by atoms with Crippen LogP contribution in [0.4, 0.5) is 5.69 Å². The lowest BCUT2D eigenvalue weighted by molar-refractivity contribution is -0.113. The quantitative estimate of drug-likeness (QED) is 0.186. The number of rotatable bonds is 7. The molecule has 0 fully saturated rings. The van der Waals surface area contributed by atoms with Gasteiger partial charge in [-0.15, -0.1) is 0 Å². The van der Waals surface area contributed by atoms with Crippen LogP contribution < -0.4 is 4.72 Å². The number of Topliss-reactive ketones (excluding diaryl/α,β-unsaturated/α-hetero) is 1. The van der Waals surface area contributed by atoms with Gasteiger partial charge in [0.05, 0.1) is 21.0 Å². The number of carbonyl (C=O) groups excluding carboxylic acids is 1. The molecule has 0 saturated heterocycles. The number of nitrogens with one attached hydrogen (secondary N) is 1. The van der Waals surface area contributed by atoms with Gasteiger partial charge in [0.1, 0.15) is 5.75 Å². The molecule has 172 valence electrons. The molecular weight excluding hydrogens is 468 g/mol. The number of anilines is 1. The molecule has 0 aliphatic heterocycles. The van der Waals surface area contributed by atoms with Gasteiger partial charge >= 0.3 is 0 Å². The van der Waals surface area contributed by atoms with E-state index in [0.29, 0.717) is 21.4 Å². The maximum Gasteiger partial charge on any atom is 0.257 e. The van der Waals surface area contributed by atoms with Crippen LogP contribution in [-0.4, -0.2) is 24.3 Å². The van der Waals surface area contributed by atoms with E-state index in [0.717, 1.165) is 15.8 Å². The van der Waals surface area contributed by atoms with Crippen molar-refractivity contribution in [3.63, 3.8) is 0 Å². The third-order valence-corrected chi connectivity index (χ3v) is 7.83. The number of fused-ring (bicyclic) bond motifs is 2. The van der Waals surface area contributed by atoms with Crippen molar-refractivity contribution in [3.8, 4) is 5.75 Å². The van der Waals surface area contributed by atoms with Gasteiger partial charge in [0.15, 0.2) is 5.78 Å². The fourth-order valence-corrected chi connectivity index (χ4v) is 5.37. The molecule has 4 rings (SSSR count). The fraction of sp³-hybridized carbons (Fsp3) is 0.0769. The number of nitrogens with zero attached hydrogens (tertiary/aromatic N) is 1. The van der Waals surface area contributed by atoms with Gasteiger partial charge in [-0.1, -0.05) is 60.8 Å². The van der Waals surface area contributed by atoms with E-state index in [-0.39, 0.29) is 22.0 Å². The molecule has 34 heavy (non-hydrogen) atoms. The number of aromatic hydroxyl groups is 1. The number of para-hydroxylation sites is 1. The highest BCUT2D eigenvalue weighted by Crippen LogP contribution is 2.44. The average Bonchev–Trinajstić information content (AvgIpc) is 2.82. The van der Waals surface area contributed by atoms with Crippen LogP contribution in [0.15, 0.2) is 99.8 Å². The second kappa shape index (κ2) is 9.32. The van der Waals surface area contributed by atoms with E-state index >= 15 is 0 Å². The van der Waals surface area contributed by atoms with Gasteiger partial charge in [0.2, 0.25) is 0 Å². The Labute approximate surface area is 202 Å². The van der Waals surface area contributed by atoms with Crippen LogP contribution >= 0.6 is 11.8 Å². The summed E-state index contributed by atoms with van der Waals surface area (Å²) >= 11 is 1.30. The highest BCUT2D eigenvalue weighted by atomic mass is 32.2. The summed E-state index contributed by atoms with van der Waals surface area (Å²) in [6, 6.07) is 18.2. The second-order valence-electron chi connectivity index (χ2n) is 7.69. The van der Waals surface area contributed by atoms with Crippen molar-refractivity contribution < 1.29 is 18.3 Å². The predicted molar refractivity (Wildman–Crippen MR) is 138 cm³/mol. The molecule has 4 aromatic rings. The molecule has 0 aliphatic rings. The zero-order chi connectivity index (χ0) is 24.5. The minimum absolute atomic E-state index is 0.0442. The van der Waals surface area contributed by atoms with Crippen molar-refractivity contribution in [3.05, 3.63) is 90.0 Å². The Morgan fingerprint density at radius 2 is 1.74 bits per heavy atom. The van der Waals surface area contributed by atoms with E-state index < -0.39 is 10.0 Å². The summed E-state index contributed by atoms with van der Waals surface area (Å²) in [5, 5.41) is 13.0. The van der Waals surface area contributed by atoms with Crippen LogP contribution in [0.3, 0.4) is 0 Å². The molecule has 2 N–H and O–H groups in total. The van der Waals surface area contributed by atoms with E-state index in [1.807, 2.05) is 30.3 Å². The molecule has 1 heterocycles. The highest BCUT2D eigenvalue weighted by molar-refractivity contribution is 7.99. The Bertz CT molecular complexity index is 1590. The fourth-order valence-electron chi connectivity index (χ4n) is 3.42. The first-order valence-electron chi connectivity index (χ1n) is 10.3. The van der Waals surface area contributed by atoms with Crippen molar-refractivity contribution in [2.75, 3.05) is 4.72 Å². The Kier molecular flexibility index (Phi) is 6.45. The molecule has 0 spiro atoms. The van der Waals surface area contributed by atoms with Crippen LogP contribution in [0, 0.1) is 0 Å². The zero-order valence-corrected chi connectivity index (χ0v) is 20.2. The molecule has 0 saturated carbocycles. The molecule has 0 aliphatic carbocycles. The van der Waals surface area contributed by atoms with Gasteiger partial charge in [-0.3, -0.25) is 14.5 Å². The maximum absolute atomic E-state index is 13.0. The van der Waals surface area contributed by atoms with Crippen LogP contribution in [-0.2, 0) is 14.8 Å². The number of sulfonamides is 1. The third-order valence-electron chi connectivity index (χ3n) is 5.29. The van der Waals surface area contributed by atoms with E-state index in [9.17, 15) is 18.3 Å². The lowest BCUT2D eigenvalue weighted by Gasteiger charge is -2.15. The Balaban J connectivity index is 1.81. The van der Waals surface area contributed by atoms with Crippen LogP contribution in [0.1, 0.15) is 13.8 Å². The maximum atomic E-state index is 13.0. The minimum Gasteiger partial charge on any atom is -0.506 e. The average molecular weight is 491 g/mol. The third kappa shape index (κ3) is 4.69. The molecule has 0 radical (unpaired) electrons. The van der Waals surface area contributed by atoms with Crippen molar-refractivity contribution in [1.82, 2.24) is 4.98 Å². The number of carbonyl (C=O) groups is 1. The van der Waals surface area contributed by atoms with Gasteiger partial charge in [-0.2, -0.15) is 0 Å². The van der Waals surface area contributed by atoms with Gasteiger partial charge in [-0.05, 0) is 38.1 Å². The predicted octanol–water partition coefficient (Wildman–Crippen LogP) is 6.04. The smallest absolute Gasteiger partial charge is 0.257 e. The van der Waals surface area contributed by atoms with E-state index in [2.05, 4.69) is 16.3 Å². The topological polar surface area (TPSA) is 96.4 Å². The second-order valence-corrected chi connectivity index (χ2v) is 10.6. The van der Waals surface area contributed by atoms with Gasteiger partial charge in [0.25, 0.3) is 10.0 Å². The molecule has 6 nitrogen and oxygen atoms in total. The summed E-state index contributed by atoms with van der Waals surface area (Å²) in [6.07, 6.45) is 2.95. The summed E-state index contributed by atoms with van der Waals surface area (Å²) in [5.74, 6) is -0.263. The minimum atomic E-state index is -3.98. The molecule has 1 aromatic heterocycles. The largest absolute Gasteiger partial charge is 0.506 e. The standard InChI is InChI=1S/C26H22N2O4S2/c1-16(18(3)29)14-17(2)34(31,32)28-22-15-24(26(30)21-11-5-4-10-20(21)22)33-23-12-6-8-19-9-7-13-27-25(19)23/h4-15,28,30H,1H2,2-3H3/b17-14+. The Morgan fingerprint density at radius 3 is 2.47 bits per heavy atom. The molecule has 0 bridgehead atoms. The first-order chi connectivity index (χ1) is 16.2. The number of aromatic nitrogens is 1. The molecular formula is C26H22N2O4S2. The number of hydrogen-bond donors (Lipinski definition) is 2. The van der Waals surface area contributed by atoms with Gasteiger partial charge in [0, 0.05) is 32.8 Å².